The Hall–Kier alpha value is -3.85. The lowest BCUT2D eigenvalue weighted by molar-refractivity contribution is -0.141. The molecular formula is C37H56N2O7. The highest BCUT2D eigenvalue weighted by Gasteiger charge is 2.44. The predicted molar refractivity (Wildman–Crippen MR) is 186 cm³/mol. The van der Waals surface area contributed by atoms with Gasteiger partial charge in [-0.3, -0.25) is 4.90 Å². The minimum Gasteiger partial charge on any atom is -0.504 e. The molecule has 0 aromatic heterocycles. The molecule has 2 aromatic carbocycles. The number of carbonyl (C=O) groups excluding carboxylic acids is 1. The Morgan fingerprint density at radius 3 is 2.22 bits per heavy atom. The van der Waals surface area contributed by atoms with Crippen molar-refractivity contribution in [3.8, 4) is 28.4 Å². The van der Waals surface area contributed by atoms with E-state index in [1.807, 2.05) is 69.6 Å². The Morgan fingerprint density at radius 1 is 1.04 bits per heavy atom. The van der Waals surface area contributed by atoms with Gasteiger partial charge in [0.2, 0.25) is 5.75 Å². The van der Waals surface area contributed by atoms with Crippen LogP contribution in [0.1, 0.15) is 72.1 Å². The zero-order chi connectivity index (χ0) is 34.6. The van der Waals surface area contributed by atoms with Crippen LogP contribution in [0.25, 0.3) is 11.1 Å². The number of ether oxygens (including phenoxy) is 5. The van der Waals surface area contributed by atoms with Crippen molar-refractivity contribution in [2.45, 2.75) is 73.5 Å². The maximum atomic E-state index is 12.7. The minimum atomic E-state index is -0.586. The number of methoxy groups -OCH3 is 2. The number of phenols is 1. The average Bonchev–Trinajstić information content (AvgIpc) is 3.45. The molecule has 0 aliphatic carbocycles. The van der Waals surface area contributed by atoms with E-state index < -0.39 is 12.1 Å². The van der Waals surface area contributed by atoms with Crippen LogP contribution >= 0.6 is 0 Å². The molecule has 0 bridgehead atoms. The third-order valence-electron chi connectivity index (χ3n) is 7.96. The number of hydrogen-bond donors (Lipinski definition) is 1. The highest BCUT2D eigenvalue weighted by molar-refractivity contribution is 5.87. The lowest BCUT2D eigenvalue weighted by Gasteiger charge is -2.40. The molecule has 1 N–H and O–H groups in total. The summed E-state index contributed by atoms with van der Waals surface area (Å²) >= 11 is 0. The molecule has 0 radical (unpaired) electrons. The zero-order valence-corrected chi connectivity index (χ0v) is 30.0. The van der Waals surface area contributed by atoms with Crippen LogP contribution < -0.4 is 14.4 Å². The summed E-state index contributed by atoms with van der Waals surface area (Å²) in [5.41, 5.74) is 5.51. The van der Waals surface area contributed by atoms with E-state index in [4.69, 9.17) is 23.7 Å². The number of cyclic esters (lactones) is 1. The summed E-state index contributed by atoms with van der Waals surface area (Å²) in [6.45, 7) is 15.5. The summed E-state index contributed by atoms with van der Waals surface area (Å²) in [6, 6.07) is 7.87. The number of allylic oxidation sites excluding steroid dienone is 1. The molecule has 3 heterocycles. The molecule has 9 nitrogen and oxygen atoms in total. The van der Waals surface area contributed by atoms with E-state index in [0.717, 1.165) is 28.0 Å². The van der Waals surface area contributed by atoms with Crippen molar-refractivity contribution in [3.63, 3.8) is 0 Å². The van der Waals surface area contributed by atoms with Crippen LogP contribution in [-0.4, -0.2) is 77.2 Å². The van der Waals surface area contributed by atoms with Crippen LogP contribution in [0.3, 0.4) is 0 Å². The molecule has 2 aromatic rings. The summed E-state index contributed by atoms with van der Waals surface area (Å²) in [4.78, 5) is 16.9. The van der Waals surface area contributed by atoms with Gasteiger partial charge in [-0.15, -0.1) is 0 Å². The molecule has 256 valence electrons. The number of aromatic hydroxyl groups is 1. The number of fused-ring (bicyclic) bond motifs is 2. The smallest absolute Gasteiger partial charge is 0.331 e. The Labute approximate surface area is 276 Å². The fourth-order valence-electron chi connectivity index (χ4n) is 6.00. The summed E-state index contributed by atoms with van der Waals surface area (Å²) in [7, 11) is 9.18. The fourth-order valence-corrected chi connectivity index (χ4v) is 6.00. The highest BCUT2D eigenvalue weighted by atomic mass is 16.6. The van der Waals surface area contributed by atoms with E-state index >= 15 is 0 Å². The van der Waals surface area contributed by atoms with Gasteiger partial charge in [0.1, 0.15) is 31.3 Å². The van der Waals surface area contributed by atoms with Crippen LogP contribution in [0.2, 0.25) is 0 Å². The lowest BCUT2D eigenvalue weighted by atomic mass is 9.80. The van der Waals surface area contributed by atoms with Crippen molar-refractivity contribution in [1.29, 1.82) is 0 Å². The summed E-state index contributed by atoms with van der Waals surface area (Å²) < 4.78 is 28.8. The van der Waals surface area contributed by atoms with Gasteiger partial charge in [0, 0.05) is 49.4 Å². The van der Waals surface area contributed by atoms with E-state index in [9.17, 15) is 9.90 Å². The minimum absolute atomic E-state index is 0.0436. The van der Waals surface area contributed by atoms with Crippen LogP contribution in [0, 0.1) is 5.92 Å². The van der Waals surface area contributed by atoms with Crippen LogP contribution in [0.15, 0.2) is 47.9 Å². The monoisotopic (exact) mass is 640 g/mol. The lowest BCUT2D eigenvalue weighted by Crippen LogP contribution is -2.41. The normalized spacial score (nSPS) is 18.9. The molecule has 3 atom stereocenters. The van der Waals surface area contributed by atoms with Gasteiger partial charge in [0.05, 0.1) is 20.3 Å². The first-order valence-corrected chi connectivity index (χ1v) is 16.6. The zero-order valence-electron chi connectivity index (χ0n) is 30.0. The second-order valence-electron chi connectivity index (χ2n) is 10.7. The van der Waals surface area contributed by atoms with Gasteiger partial charge in [-0.25, -0.2) is 4.79 Å². The van der Waals surface area contributed by atoms with Crippen molar-refractivity contribution in [3.05, 3.63) is 59.1 Å². The average molecular weight is 641 g/mol. The van der Waals surface area contributed by atoms with Crippen molar-refractivity contribution in [1.82, 2.24) is 4.90 Å². The first-order valence-electron chi connectivity index (χ1n) is 16.6. The Bertz CT molecular complexity index is 1330. The molecule has 9 heteroatoms. The molecule has 0 saturated carbocycles. The van der Waals surface area contributed by atoms with Gasteiger partial charge in [-0.1, -0.05) is 60.6 Å². The molecule has 46 heavy (non-hydrogen) atoms. The number of hydrogen-bond acceptors (Lipinski definition) is 9. The van der Waals surface area contributed by atoms with Gasteiger partial charge >= 0.3 is 5.97 Å². The summed E-state index contributed by atoms with van der Waals surface area (Å²) in [5, 5.41) is 11.7. The first kappa shape index (κ1) is 38.3. The number of rotatable bonds is 8. The van der Waals surface area contributed by atoms with Gasteiger partial charge in [0.25, 0.3) is 0 Å². The molecule has 0 amide bonds. The second-order valence-corrected chi connectivity index (χ2v) is 10.7. The number of anilines is 1. The third kappa shape index (κ3) is 8.10. The van der Waals surface area contributed by atoms with E-state index in [2.05, 4.69) is 34.1 Å². The quantitative estimate of drug-likeness (QED) is 0.232. The molecular weight excluding hydrogens is 584 g/mol. The van der Waals surface area contributed by atoms with Crippen molar-refractivity contribution < 1.29 is 33.6 Å². The first-order chi connectivity index (χ1) is 22.2. The third-order valence-corrected chi connectivity index (χ3v) is 7.96. The van der Waals surface area contributed by atoms with E-state index in [0.29, 0.717) is 55.4 Å². The molecule has 5 rings (SSSR count). The van der Waals surface area contributed by atoms with Crippen LogP contribution in [-0.2, 0) is 25.4 Å². The van der Waals surface area contributed by atoms with Gasteiger partial charge in [0.15, 0.2) is 11.5 Å². The Balaban J connectivity index is 0.00000116. The number of carbonyl (C=O) groups is 1. The number of likely N-dealkylation sites (N-methyl/N-ethyl adjacent to an activating group) is 1. The van der Waals surface area contributed by atoms with E-state index in [-0.39, 0.29) is 17.6 Å². The number of benzene rings is 2. The Morgan fingerprint density at radius 2 is 1.65 bits per heavy atom. The van der Waals surface area contributed by atoms with E-state index in [1.165, 1.54) is 0 Å². The van der Waals surface area contributed by atoms with Gasteiger partial charge < -0.3 is 33.7 Å². The van der Waals surface area contributed by atoms with Gasteiger partial charge in [-0.2, -0.15) is 0 Å². The second kappa shape index (κ2) is 18.3. The maximum Gasteiger partial charge on any atom is 0.331 e. The van der Waals surface area contributed by atoms with Crippen LogP contribution in [0.4, 0.5) is 5.69 Å². The maximum absolute atomic E-state index is 12.7. The molecule has 3 aliphatic rings. The summed E-state index contributed by atoms with van der Waals surface area (Å²) in [5.74, 6) is 1.17. The topological polar surface area (TPSA) is 89.9 Å². The fraction of sp³-hybridized carbons (Fsp3) is 0.541. The predicted octanol–water partition coefficient (Wildman–Crippen LogP) is 7.52. The summed E-state index contributed by atoms with van der Waals surface area (Å²) in [6.07, 6.45) is 3.78. The van der Waals surface area contributed by atoms with E-state index in [1.54, 1.807) is 26.6 Å². The number of esters is 1. The van der Waals surface area contributed by atoms with Crippen molar-refractivity contribution >= 4 is 11.7 Å². The molecule has 0 saturated heterocycles. The standard InChI is InChI=1S/C31H38N2O7.3C2H6/c1-18(23(37-6)17-36-5)15-20-16-24(34)40-29(20)27-26-22(11-12-33(27)4)25(19-7-9-21(10-8-19)32(2)3)30-31(28(26)35)39-14-13-38-30;3*1-2/h7-10,16-18,27,29,35H,11-15H2,1-6H3;3*1-2H3/b23-17-;;;. The number of phenolic OH excluding ortho intramolecular Hbond substituents is 1. The van der Waals surface area contributed by atoms with Crippen molar-refractivity contribution in [2.24, 2.45) is 5.92 Å². The molecule has 3 aliphatic heterocycles. The highest BCUT2D eigenvalue weighted by Crippen LogP contribution is 2.55. The van der Waals surface area contributed by atoms with Gasteiger partial charge in [-0.05, 0) is 48.7 Å². The Kier molecular flexibility index (Phi) is 15.3. The molecule has 0 spiro atoms. The van der Waals surface area contributed by atoms with Crippen molar-refractivity contribution in [2.75, 3.05) is 60.0 Å². The SMILES string of the molecule is CC.CC.CC.CO/C=C(\OC)C(C)CC1=CC(=O)OC1C1c2c(O)c3c(c(-c4ccc(N(C)C)cc4)c2CCN1C)OCCO3. The number of nitrogens with zero attached hydrogens (tertiary/aromatic N) is 2. The molecule has 3 unspecified atom stereocenters. The van der Waals surface area contributed by atoms with Crippen LogP contribution in [0.5, 0.6) is 17.2 Å². The largest absolute Gasteiger partial charge is 0.504 e. The molecule has 0 fully saturated rings.